The molecule has 0 saturated carbocycles. The van der Waals surface area contributed by atoms with Crippen LogP contribution in [0.1, 0.15) is 0 Å². The molecule has 0 unspecified atom stereocenters. The molecule has 0 fully saturated rings. The van der Waals surface area contributed by atoms with E-state index >= 15 is 0 Å². The van der Waals surface area contributed by atoms with Crippen LogP contribution in [0.15, 0.2) is 182 Å². The third kappa shape index (κ3) is 3.92. The number of hydrogen-bond acceptors (Lipinski definition) is 3. The van der Waals surface area contributed by atoms with E-state index in [2.05, 4.69) is 196 Å². The minimum absolute atomic E-state index is 0.986. The van der Waals surface area contributed by atoms with Crippen molar-refractivity contribution >= 4 is 105 Å². The monoisotopic (exact) mass is 674 g/mol. The molecule has 0 atom stereocenters. The molecule has 1 aliphatic rings. The van der Waals surface area contributed by atoms with Crippen LogP contribution < -0.4 is 9.80 Å². The Kier molecular flexibility index (Phi) is 5.74. The second kappa shape index (κ2) is 10.7. The zero-order valence-electron chi connectivity index (χ0n) is 28.6. The molecule has 0 bridgehead atoms. The highest BCUT2D eigenvalue weighted by Crippen LogP contribution is 2.56. The van der Waals surface area contributed by atoms with Gasteiger partial charge in [-0.15, -0.1) is 0 Å². The number of pyridine rings is 1. The summed E-state index contributed by atoms with van der Waals surface area (Å²) in [5.41, 5.74) is 11.0. The highest BCUT2D eigenvalue weighted by atomic mass is 15.3. The van der Waals surface area contributed by atoms with Crippen LogP contribution in [0.2, 0.25) is 0 Å². The Morgan fingerprint density at radius 3 is 1.43 bits per heavy atom. The zero-order chi connectivity index (χ0) is 34.6. The first-order chi connectivity index (χ1) is 26.3. The molecule has 4 heteroatoms. The van der Waals surface area contributed by atoms with E-state index in [1.807, 2.05) is 0 Å². The first-order valence-electron chi connectivity index (χ1n) is 18.1. The molecule has 4 nitrogen and oxygen atoms in total. The second-order valence-corrected chi connectivity index (χ2v) is 14.0. The van der Waals surface area contributed by atoms with Crippen molar-refractivity contribution in [1.29, 1.82) is 0 Å². The van der Waals surface area contributed by atoms with Gasteiger partial charge in [0, 0.05) is 22.1 Å². The van der Waals surface area contributed by atoms with E-state index in [1.165, 1.54) is 43.1 Å². The van der Waals surface area contributed by atoms with E-state index in [1.54, 1.807) is 0 Å². The van der Waals surface area contributed by atoms with Gasteiger partial charge in [0.2, 0.25) is 0 Å². The summed E-state index contributed by atoms with van der Waals surface area (Å²) in [5, 5.41) is 11.1. The first-order valence-corrected chi connectivity index (χ1v) is 18.1. The quantitative estimate of drug-likeness (QED) is 0.171. The Labute approximate surface area is 305 Å². The molecule has 12 rings (SSSR count). The number of imidazole rings is 1. The highest BCUT2D eigenvalue weighted by Gasteiger charge is 2.32. The van der Waals surface area contributed by atoms with Crippen molar-refractivity contribution in [3.8, 4) is 0 Å². The van der Waals surface area contributed by atoms with Crippen molar-refractivity contribution in [2.45, 2.75) is 0 Å². The maximum atomic E-state index is 5.12. The van der Waals surface area contributed by atoms with Gasteiger partial charge in [-0.25, -0.2) is 4.98 Å². The maximum absolute atomic E-state index is 5.12. The van der Waals surface area contributed by atoms with Crippen LogP contribution in [0.3, 0.4) is 0 Å². The topological polar surface area (TPSA) is 23.8 Å². The molecule has 11 aromatic rings. The van der Waals surface area contributed by atoms with Crippen LogP contribution in [0.5, 0.6) is 0 Å². The number of fused-ring (bicyclic) bond motifs is 16. The summed E-state index contributed by atoms with van der Waals surface area (Å²) in [7, 11) is 0. The molecule has 0 aliphatic carbocycles. The number of rotatable bonds is 2. The molecule has 0 N–H and O–H groups in total. The average Bonchev–Trinajstić information content (AvgIpc) is 3.63. The minimum atomic E-state index is 0.986. The number of benzene rings is 9. The summed E-state index contributed by atoms with van der Waals surface area (Å²) in [6.45, 7) is 0. The van der Waals surface area contributed by atoms with Gasteiger partial charge in [-0.3, -0.25) is 4.40 Å². The van der Waals surface area contributed by atoms with Gasteiger partial charge in [-0.2, -0.15) is 0 Å². The maximum Gasteiger partial charge on any atom is 0.146 e. The van der Waals surface area contributed by atoms with Crippen molar-refractivity contribution in [3.63, 3.8) is 0 Å². The fourth-order valence-electron chi connectivity index (χ4n) is 8.96. The molecular weight excluding hydrogens is 645 g/mol. The SMILES string of the molecule is c1ccc(N2c3ccccc3N(c3ccc4c(c3)c3ccccc3c3nc5ccccc5n43)c3cc4c5ccccc5c5ccccc5c4cc32)cc1. The Hall–Kier alpha value is -7.17. The molecule has 0 saturated heterocycles. The molecule has 0 amide bonds. The number of hydrogen-bond donors (Lipinski definition) is 0. The average molecular weight is 675 g/mol. The largest absolute Gasteiger partial charge is 0.306 e. The summed E-state index contributed by atoms with van der Waals surface area (Å²) >= 11 is 0. The predicted octanol–water partition coefficient (Wildman–Crippen LogP) is 13.5. The molecule has 3 heterocycles. The third-order valence-corrected chi connectivity index (χ3v) is 11.2. The Bertz CT molecular complexity index is 3310. The lowest BCUT2D eigenvalue weighted by atomic mass is 9.92. The van der Waals surface area contributed by atoms with Gasteiger partial charge >= 0.3 is 0 Å². The molecule has 1 aliphatic heterocycles. The van der Waals surface area contributed by atoms with Crippen molar-refractivity contribution < 1.29 is 0 Å². The van der Waals surface area contributed by atoms with E-state index in [-0.39, 0.29) is 0 Å². The van der Waals surface area contributed by atoms with Gasteiger partial charge in [-0.1, -0.05) is 115 Å². The molecule has 2 aromatic heterocycles. The lowest BCUT2D eigenvalue weighted by molar-refractivity contribution is 1.18. The Balaban J connectivity index is 1.21. The van der Waals surface area contributed by atoms with Crippen molar-refractivity contribution in [2.24, 2.45) is 0 Å². The predicted molar refractivity (Wildman–Crippen MR) is 223 cm³/mol. The molecule has 0 spiro atoms. The highest BCUT2D eigenvalue weighted by molar-refractivity contribution is 6.27. The normalized spacial score (nSPS) is 12.8. The standard InChI is InChI=1S/C49H30N4/c1-2-14-31(15-3-1)51-45-24-12-13-25-46(45)52(48-30-40-36-19-7-5-17-34(36)33-16-4-6-18-35(33)39(40)29-47(48)51)32-26-27-43-41(28-32)37-20-8-9-21-38(37)49-50-42-22-10-11-23-44(42)53(43)49/h1-30H. The Morgan fingerprint density at radius 2 is 0.792 bits per heavy atom. The Morgan fingerprint density at radius 1 is 0.302 bits per heavy atom. The lowest BCUT2D eigenvalue weighted by Crippen LogP contribution is -2.24. The molecule has 53 heavy (non-hydrogen) atoms. The molecule has 0 radical (unpaired) electrons. The molecule has 9 aromatic carbocycles. The summed E-state index contributed by atoms with van der Waals surface area (Å²) in [6.07, 6.45) is 0. The van der Waals surface area contributed by atoms with Crippen LogP contribution in [0, 0.1) is 0 Å². The number of para-hydroxylation sites is 5. The summed E-state index contributed by atoms with van der Waals surface area (Å²) in [4.78, 5) is 10.0. The van der Waals surface area contributed by atoms with Gasteiger partial charge in [-0.05, 0) is 104 Å². The summed E-state index contributed by atoms with van der Waals surface area (Å²) in [5.74, 6) is 0. The number of nitrogens with zero attached hydrogens (tertiary/aromatic N) is 4. The molecule has 246 valence electrons. The lowest BCUT2D eigenvalue weighted by Gasteiger charge is -2.40. The number of anilines is 6. The van der Waals surface area contributed by atoms with Crippen LogP contribution in [-0.4, -0.2) is 9.38 Å². The first kappa shape index (κ1) is 28.5. The second-order valence-electron chi connectivity index (χ2n) is 14.0. The zero-order valence-corrected chi connectivity index (χ0v) is 28.6. The molecular formula is C49H30N4. The van der Waals surface area contributed by atoms with Gasteiger partial charge in [0.05, 0.1) is 39.3 Å². The minimum Gasteiger partial charge on any atom is -0.306 e. The van der Waals surface area contributed by atoms with Crippen molar-refractivity contribution in [1.82, 2.24) is 9.38 Å². The van der Waals surface area contributed by atoms with Crippen LogP contribution in [0.4, 0.5) is 34.1 Å². The third-order valence-electron chi connectivity index (χ3n) is 11.2. The van der Waals surface area contributed by atoms with Crippen LogP contribution in [0.25, 0.3) is 70.7 Å². The van der Waals surface area contributed by atoms with E-state index in [9.17, 15) is 0 Å². The van der Waals surface area contributed by atoms with Gasteiger partial charge in [0.1, 0.15) is 5.65 Å². The van der Waals surface area contributed by atoms with E-state index in [0.29, 0.717) is 0 Å². The summed E-state index contributed by atoms with van der Waals surface area (Å²) < 4.78 is 2.33. The number of aromatic nitrogens is 2. The van der Waals surface area contributed by atoms with Crippen molar-refractivity contribution in [2.75, 3.05) is 9.80 Å². The van der Waals surface area contributed by atoms with E-state index in [0.717, 1.165) is 61.7 Å². The fraction of sp³-hybridized carbons (Fsp3) is 0. The van der Waals surface area contributed by atoms with Crippen molar-refractivity contribution in [3.05, 3.63) is 182 Å². The van der Waals surface area contributed by atoms with Crippen LogP contribution >= 0.6 is 0 Å². The van der Waals surface area contributed by atoms with Gasteiger partial charge in [0.25, 0.3) is 0 Å². The summed E-state index contributed by atoms with van der Waals surface area (Å²) in [6, 6.07) is 66.2. The smallest absolute Gasteiger partial charge is 0.146 e. The fourth-order valence-corrected chi connectivity index (χ4v) is 8.96. The van der Waals surface area contributed by atoms with E-state index in [4.69, 9.17) is 4.98 Å². The van der Waals surface area contributed by atoms with Crippen LogP contribution in [-0.2, 0) is 0 Å². The van der Waals surface area contributed by atoms with Gasteiger partial charge in [0.15, 0.2) is 0 Å². The van der Waals surface area contributed by atoms with E-state index < -0.39 is 0 Å². The van der Waals surface area contributed by atoms with Gasteiger partial charge < -0.3 is 9.80 Å².